The number of hydrogen-bond acceptors (Lipinski definition) is 1. The quantitative estimate of drug-likeness (QED) is 0.714. The van der Waals surface area contributed by atoms with Crippen LogP contribution in [0, 0.1) is 3.57 Å². The molecule has 1 amide bonds. The summed E-state index contributed by atoms with van der Waals surface area (Å²) < 4.78 is 37.5. The van der Waals surface area contributed by atoms with Crippen LogP contribution in [0.1, 0.15) is 17.3 Å². The first kappa shape index (κ1) is 15.6. The Bertz CT molecular complexity index is 450. The maximum atomic E-state index is 12.3. The second-order valence-corrected chi connectivity index (χ2v) is 5.16. The van der Waals surface area contributed by atoms with Gasteiger partial charge in [-0.3, -0.25) is 4.79 Å². The summed E-state index contributed by atoms with van der Waals surface area (Å²) in [6.45, 7) is 0.254. The van der Waals surface area contributed by atoms with Crippen molar-refractivity contribution >= 4 is 40.1 Å². The zero-order chi connectivity index (χ0) is 13.9. The van der Waals surface area contributed by atoms with Gasteiger partial charge in [-0.05, 0) is 47.7 Å². The molecule has 0 bridgehead atoms. The highest BCUT2D eigenvalue weighted by atomic mass is 127. The minimum atomic E-state index is -4.40. The van der Waals surface area contributed by atoms with E-state index in [1.807, 2.05) is 22.6 Å². The minimum absolute atomic E-state index is 0.00293. The van der Waals surface area contributed by atoms with Crippen molar-refractivity contribution < 1.29 is 18.0 Å². The first-order valence-electron chi connectivity index (χ1n) is 5.05. The van der Waals surface area contributed by atoms with Crippen molar-refractivity contribution in [1.29, 1.82) is 0 Å². The lowest BCUT2D eigenvalue weighted by molar-refractivity contribution is -0.140. The molecular formula is C11H10ClF3INO. The molecule has 18 heavy (non-hydrogen) atoms. The summed E-state index contributed by atoms with van der Waals surface area (Å²) in [7, 11) is 0. The van der Waals surface area contributed by atoms with Gasteiger partial charge in [-0.25, -0.2) is 0 Å². The molecule has 1 aromatic rings. The Kier molecular flexibility index (Phi) is 5.27. The number of halogens is 5. The zero-order valence-corrected chi connectivity index (χ0v) is 12.3. The van der Waals surface area contributed by atoms with E-state index < -0.39 is 18.6 Å². The van der Waals surface area contributed by atoms with Crippen LogP contribution in [0.2, 0.25) is 5.02 Å². The van der Waals surface area contributed by atoms with Crippen LogP contribution in [0.3, 0.4) is 0 Å². The normalized spacial score (nSPS) is 11.4. The molecule has 7 heteroatoms. The van der Waals surface area contributed by atoms with E-state index in [0.29, 0.717) is 8.59 Å². The van der Waals surface area contributed by atoms with E-state index in [2.05, 4.69) is 0 Å². The molecule has 100 valence electrons. The van der Waals surface area contributed by atoms with E-state index in [1.165, 1.54) is 25.1 Å². The maximum absolute atomic E-state index is 12.3. The monoisotopic (exact) mass is 391 g/mol. The van der Waals surface area contributed by atoms with Crippen LogP contribution in [0.15, 0.2) is 18.2 Å². The molecule has 0 spiro atoms. The average molecular weight is 392 g/mol. The molecule has 0 aliphatic heterocycles. The Morgan fingerprint density at radius 3 is 2.50 bits per heavy atom. The molecule has 0 N–H and O–H groups in total. The summed E-state index contributed by atoms with van der Waals surface area (Å²) in [5, 5.41) is 0.440. The number of hydrogen-bond donors (Lipinski definition) is 0. The summed E-state index contributed by atoms with van der Waals surface area (Å²) >= 11 is 7.61. The highest BCUT2D eigenvalue weighted by molar-refractivity contribution is 14.1. The number of nitrogens with zero attached hydrogens (tertiary/aromatic N) is 1. The van der Waals surface area contributed by atoms with Crippen molar-refractivity contribution in [2.24, 2.45) is 0 Å². The van der Waals surface area contributed by atoms with Crippen molar-refractivity contribution in [3.05, 3.63) is 32.4 Å². The summed E-state index contributed by atoms with van der Waals surface area (Å²) in [6.07, 6.45) is -4.40. The molecule has 0 atom stereocenters. The molecule has 0 radical (unpaired) electrons. The van der Waals surface area contributed by atoms with E-state index in [-0.39, 0.29) is 12.1 Å². The van der Waals surface area contributed by atoms with Gasteiger partial charge in [0.05, 0.1) is 5.56 Å². The Balaban J connectivity index is 2.97. The predicted octanol–water partition coefficient (Wildman–Crippen LogP) is 3.97. The summed E-state index contributed by atoms with van der Waals surface area (Å²) in [4.78, 5) is 12.7. The van der Waals surface area contributed by atoms with Gasteiger partial charge in [0.25, 0.3) is 5.91 Å². The summed E-state index contributed by atoms with van der Waals surface area (Å²) in [6, 6.07) is 4.46. The summed E-state index contributed by atoms with van der Waals surface area (Å²) in [5.41, 5.74) is 0.228. The number of carbonyl (C=O) groups is 1. The molecule has 0 saturated heterocycles. The van der Waals surface area contributed by atoms with E-state index in [1.54, 1.807) is 0 Å². The Morgan fingerprint density at radius 2 is 2.06 bits per heavy atom. The van der Waals surface area contributed by atoms with Gasteiger partial charge in [0.15, 0.2) is 0 Å². The second-order valence-electron chi connectivity index (χ2n) is 3.56. The minimum Gasteiger partial charge on any atom is -0.330 e. The fraction of sp³-hybridized carbons (Fsp3) is 0.364. The molecule has 2 nitrogen and oxygen atoms in total. The van der Waals surface area contributed by atoms with Crippen molar-refractivity contribution in [2.75, 3.05) is 13.1 Å². The molecule has 0 heterocycles. The number of benzene rings is 1. The standard InChI is InChI=1S/C11H10ClF3INO/c1-2-17(6-11(13,14)15)10(18)8-4-3-7(12)5-9(8)16/h3-5H,2,6H2,1H3. The van der Waals surface area contributed by atoms with Crippen LogP contribution in [0.4, 0.5) is 13.2 Å². The van der Waals surface area contributed by atoms with Gasteiger partial charge in [0.2, 0.25) is 0 Å². The van der Waals surface area contributed by atoms with Crippen LogP contribution in [-0.4, -0.2) is 30.1 Å². The van der Waals surface area contributed by atoms with Crippen molar-refractivity contribution in [3.8, 4) is 0 Å². The number of rotatable bonds is 3. The Labute approximate surface area is 121 Å². The lowest BCUT2D eigenvalue weighted by atomic mass is 10.2. The van der Waals surface area contributed by atoms with Gasteiger partial charge in [-0.15, -0.1) is 0 Å². The van der Waals surface area contributed by atoms with Gasteiger partial charge in [0.1, 0.15) is 6.54 Å². The van der Waals surface area contributed by atoms with Gasteiger partial charge in [0, 0.05) is 15.1 Å². The van der Waals surface area contributed by atoms with Gasteiger partial charge in [-0.2, -0.15) is 13.2 Å². The third-order valence-electron chi connectivity index (χ3n) is 2.20. The third kappa shape index (κ3) is 4.31. The number of alkyl halides is 3. The zero-order valence-electron chi connectivity index (χ0n) is 9.39. The fourth-order valence-corrected chi connectivity index (χ4v) is 2.48. The fourth-order valence-electron chi connectivity index (χ4n) is 1.38. The molecular weight excluding hydrogens is 381 g/mol. The molecule has 0 fully saturated rings. The van der Waals surface area contributed by atoms with E-state index in [0.717, 1.165) is 4.90 Å². The van der Waals surface area contributed by atoms with Gasteiger partial charge in [-0.1, -0.05) is 11.6 Å². The number of carbonyl (C=O) groups excluding carboxylic acids is 1. The first-order chi connectivity index (χ1) is 8.24. The SMILES string of the molecule is CCN(CC(F)(F)F)C(=O)c1ccc(Cl)cc1I. The Morgan fingerprint density at radius 1 is 1.44 bits per heavy atom. The molecule has 0 aromatic heterocycles. The van der Waals surface area contributed by atoms with E-state index in [9.17, 15) is 18.0 Å². The topological polar surface area (TPSA) is 20.3 Å². The molecule has 0 aliphatic carbocycles. The predicted molar refractivity (Wildman–Crippen MR) is 71.8 cm³/mol. The maximum Gasteiger partial charge on any atom is 0.406 e. The van der Waals surface area contributed by atoms with E-state index >= 15 is 0 Å². The molecule has 1 aromatic carbocycles. The molecule has 0 saturated carbocycles. The average Bonchev–Trinajstić information content (AvgIpc) is 2.24. The number of amides is 1. The highest BCUT2D eigenvalue weighted by Gasteiger charge is 2.33. The van der Waals surface area contributed by atoms with Crippen LogP contribution in [0.25, 0.3) is 0 Å². The van der Waals surface area contributed by atoms with Gasteiger partial charge < -0.3 is 4.90 Å². The molecule has 0 unspecified atom stereocenters. The van der Waals surface area contributed by atoms with Crippen molar-refractivity contribution in [1.82, 2.24) is 4.90 Å². The Hall–Kier alpha value is -0.500. The van der Waals surface area contributed by atoms with Crippen molar-refractivity contribution in [2.45, 2.75) is 13.1 Å². The summed E-state index contributed by atoms with van der Waals surface area (Å²) in [5.74, 6) is -0.643. The van der Waals surface area contributed by atoms with Crippen molar-refractivity contribution in [3.63, 3.8) is 0 Å². The largest absolute Gasteiger partial charge is 0.406 e. The second kappa shape index (κ2) is 6.10. The van der Waals surface area contributed by atoms with Crippen LogP contribution >= 0.6 is 34.2 Å². The molecule has 0 aliphatic rings. The van der Waals surface area contributed by atoms with Crippen LogP contribution in [-0.2, 0) is 0 Å². The lowest BCUT2D eigenvalue weighted by Crippen LogP contribution is -2.39. The lowest BCUT2D eigenvalue weighted by Gasteiger charge is -2.22. The van der Waals surface area contributed by atoms with E-state index in [4.69, 9.17) is 11.6 Å². The van der Waals surface area contributed by atoms with Crippen LogP contribution in [0.5, 0.6) is 0 Å². The smallest absolute Gasteiger partial charge is 0.330 e. The third-order valence-corrected chi connectivity index (χ3v) is 3.33. The highest BCUT2D eigenvalue weighted by Crippen LogP contribution is 2.22. The molecule has 1 rings (SSSR count). The first-order valence-corrected chi connectivity index (χ1v) is 6.51. The van der Waals surface area contributed by atoms with Gasteiger partial charge >= 0.3 is 6.18 Å². The van der Waals surface area contributed by atoms with Crippen LogP contribution < -0.4 is 0 Å².